The van der Waals surface area contributed by atoms with Crippen LogP contribution in [0.25, 0.3) is 6.08 Å². The highest BCUT2D eigenvalue weighted by Gasteiger charge is 2.08. The number of nitrogens with one attached hydrogen (secondary N) is 1. The first-order valence-electron chi connectivity index (χ1n) is 6.86. The molecular formula is C17H18N2O3. The van der Waals surface area contributed by atoms with Gasteiger partial charge in [-0.1, -0.05) is 18.2 Å². The van der Waals surface area contributed by atoms with E-state index in [1.54, 1.807) is 37.7 Å². The van der Waals surface area contributed by atoms with Gasteiger partial charge in [0.15, 0.2) is 18.1 Å². The number of ether oxygens (including phenoxy) is 2. The van der Waals surface area contributed by atoms with Crippen molar-refractivity contribution in [1.29, 1.82) is 0 Å². The van der Waals surface area contributed by atoms with Gasteiger partial charge in [-0.05, 0) is 36.8 Å². The minimum Gasteiger partial charge on any atom is -0.493 e. The van der Waals surface area contributed by atoms with Crippen molar-refractivity contribution >= 4 is 17.7 Å². The molecule has 0 fully saturated rings. The second-order valence-electron chi connectivity index (χ2n) is 4.49. The van der Waals surface area contributed by atoms with E-state index in [0.29, 0.717) is 17.2 Å². The predicted molar refractivity (Wildman–Crippen MR) is 86.1 cm³/mol. The number of methoxy groups -OCH3 is 1. The maximum atomic E-state index is 11.8. The Labute approximate surface area is 129 Å². The van der Waals surface area contributed by atoms with Gasteiger partial charge in [-0.2, -0.15) is 0 Å². The van der Waals surface area contributed by atoms with Crippen molar-refractivity contribution in [2.75, 3.05) is 19.0 Å². The number of nitrogens with zero attached hydrogens (tertiary/aromatic N) is 1. The zero-order valence-electron chi connectivity index (χ0n) is 12.6. The molecule has 22 heavy (non-hydrogen) atoms. The molecule has 0 aliphatic carbocycles. The van der Waals surface area contributed by atoms with Gasteiger partial charge in [0.2, 0.25) is 0 Å². The van der Waals surface area contributed by atoms with E-state index in [0.717, 1.165) is 5.56 Å². The fraction of sp³-hybridized carbons (Fsp3) is 0.176. The van der Waals surface area contributed by atoms with Crippen molar-refractivity contribution in [2.24, 2.45) is 0 Å². The van der Waals surface area contributed by atoms with Crippen LogP contribution < -0.4 is 14.8 Å². The van der Waals surface area contributed by atoms with Gasteiger partial charge in [0.1, 0.15) is 0 Å². The van der Waals surface area contributed by atoms with Crippen LogP contribution in [0.2, 0.25) is 0 Å². The summed E-state index contributed by atoms with van der Waals surface area (Å²) in [6.45, 7) is 1.84. The summed E-state index contributed by atoms with van der Waals surface area (Å²) in [6, 6.07) is 9.05. The standard InChI is InChI=1S/C17H18N2O3/c1-3-5-13-7-8-15(16(10-13)21-2)22-12-17(20)19-14-6-4-9-18-11-14/h3-11H,12H2,1-2H3,(H,19,20)/b5-3+. The Morgan fingerprint density at radius 3 is 2.86 bits per heavy atom. The Morgan fingerprint density at radius 2 is 2.18 bits per heavy atom. The monoisotopic (exact) mass is 298 g/mol. The number of hydrogen-bond acceptors (Lipinski definition) is 4. The maximum Gasteiger partial charge on any atom is 0.262 e. The second kappa shape index (κ2) is 7.83. The average molecular weight is 298 g/mol. The summed E-state index contributed by atoms with van der Waals surface area (Å²) in [5.74, 6) is 0.856. The normalized spacial score (nSPS) is 10.5. The van der Waals surface area contributed by atoms with E-state index in [1.807, 2.05) is 31.2 Å². The van der Waals surface area contributed by atoms with Gasteiger partial charge in [-0.15, -0.1) is 0 Å². The number of allylic oxidation sites excluding steroid dienone is 1. The molecule has 114 valence electrons. The number of carbonyl (C=O) groups is 1. The zero-order valence-corrected chi connectivity index (χ0v) is 12.6. The SMILES string of the molecule is C/C=C/c1ccc(OCC(=O)Nc2cccnc2)c(OC)c1. The van der Waals surface area contributed by atoms with E-state index in [1.165, 1.54) is 0 Å². The van der Waals surface area contributed by atoms with Gasteiger partial charge >= 0.3 is 0 Å². The first-order valence-corrected chi connectivity index (χ1v) is 6.86. The molecule has 0 atom stereocenters. The lowest BCUT2D eigenvalue weighted by Gasteiger charge is -2.11. The molecule has 0 aliphatic heterocycles. The smallest absolute Gasteiger partial charge is 0.262 e. The van der Waals surface area contributed by atoms with Crippen LogP contribution in [-0.2, 0) is 4.79 Å². The minimum atomic E-state index is -0.257. The average Bonchev–Trinajstić information content (AvgIpc) is 2.54. The fourth-order valence-corrected chi connectivity index (χ4v) is 1.88. The van der Waals surface area contributed by atoms with Crippen LogP contribution in [0.3, 0.4) is 0 Å². The van der Waals surface area contributed by atoms with Crippen LogP contribution in [0.5, 0.6) is 11.5 Å². The summed E-state index contributed by atoms with van der Waals surface area (Å²) in [7, 11) is 1.57. The Kier molecular flexibility index (Phi) is 5.54. The van der Waals surface area contributed by atoms with Gasteiger partial charge in [0.25, 0.3) is 5.91 Å². The highest BCUT2D eigenvalue weighted by atomic mass is 16.5. The second-order valence-corrected chi connectivity index (χ2v) is 4.49. The molecule has 5 nitrogen and oxygen atoms in total. The van der Waals surface area contributed by atoms with Crippen LogP contribution in [0, 0.1) is 0 Å². The zero-order chi connectivity index (χ0) is 15.8. The highest BCUT2D eigenvalue weighted by Crippen LogP contribution is 2.28. The summed E-state index contributed by atoms with van der Waals surface area (Å²) >= 11 is 0. The number of benzene rings is 1. The number of amides is 1. The molecule has 0 saturated carbocycles. The lowest BCUT2D eigenvalue weighted by molar-refractivity contribution is -0.118. The van der Waals surface area contributed by atoms with Gasteiger partial charge < -0.3 is 14.8 Å². The molecule has 0 radical (unpaired) electrons. The van der Waals surface area contributed by atoms with E-state index in [4.69, 9.17) is 9.47 Å². The lowest BCUT2D eigenvalue weighted by atomic mass is 10.2. The number of pyridine rings is 1. The molecule has 1 heterocycles. The molecule has 5 heteroatoms. The number of anilines is 1. The van der Waals surface area contributed by atoms with Crippen LogP contribution in [0.4, 0.5) is 5.69 Å². The Bertz CT molecular complexity index is 654. The molecule has 0 unspecified atom stereocenters. The number of carbonyl (C=O) groups excluding carboxylic acids is 1. The molecule has 2 aromatic rings. The van der Waals surface area contributed by atoms with E-state index in [9.17, 15) is 4.79 Å². The molecule has 1 aromatic heterocycles. The first-order chi connectivity index (χ1) is 10.7. The molecular weight excluding hydrogens is 280 g/mol. The van der Waals surface area contributed by atoms with Crippen molar-refractivity contribution in [3.8, 4) is 11.5 Å². The number of aromatic nitrogens is 1. The molecule has 2 rings (SSSR count). The van der Waals surface area contributed by atoms with Crippen molar-refractivity contribution in [1.82, 2.24) is 4.98 Å². The van der Waals surface area contributed by atoms with Crippen molar-refractivity contribution in [2.45, 2.75) is 6.92 Å². The number of rotatable bonds is 6. The third-order valence-corrected chi connectivity index (χ3v) is 2.85. The van der Waals surface area contributed by atoms with Crippen LogP contribution in [-0.4, -0.2) is 24.6 Å². The van der Waals surface area contributed by atoms with E-state index < -0.39 is 0 Å². The largest absolute Gasteiger partial charge is 0.493 e. The van der Waals surface area contributed by atoms with Crippen LogP contribution in [0.15, 0.2) is 48.8 Å². The molecule has 0 aliphatic rings. The summed E-state index contributed by atoms with van der Waals surface area (Å²) < 4.78 is 10.8. The van der Waals surface area contributed by atoms with Gasteiger partial charge in [0.05, 0.1) is 19.0 Å². The highest BCUT2D eigenvalue weighted by molar-refractivity contribution is 5.91. The predicted octanol–water partition coefficient (Wildman–Crippen LogP) is 3.14. The molecule has 1 amide bonds. The van der Waals surface area contributed by atoms with Crippen molar-refractivity contribution in [3.63, 3.8) is 0 Å². The molecule has 0 spiro atoms. The Balaban J connectivity index is 1.97. The minimum absolute atomic E-state index is 0.103. The maximum absolute atomic E-state index is 11.8. The van der Waals surface area contributed by atoms with E-state index in [2.05, 4.69) is 10.3 Å². The summed E-state index contributed by atoms with van der Waals surface area (Å²) in [6.07, 6.45) is 7.12. The van der Waals surface area contributed by atoms with Crippen molar-refractivity contribution in [3.05, 3.63) is 54.4 Å². The topological polar surface area (TPSA) is 60.5 Å². The third kappa shape index (κ3) is 4.34. The Hall–Kier alpha value is -2.82. The first kappa shape index (κ1) is 15.6. The van der Waals surface area contributed by atoms with Gasteiger partial charge in [0, 0.05) is 6.20 Å². The van der Waals surface area contributed by atoms with E-state index in [-0.39, 0.29) is 12.5 Å². The molecule has 1 N–H and O–H groups in total. The quantitative estimate of drug-likeness (QED) is 0.890. The molecule has 0 bridgehead atoms. The van der Waals surface area contributed by atoms with Crippen LogP contribution >= 0.6 is 0 Å². The van der Waals surface area contributed by atoms with E-state index >= 15 is 0 Å². The molecule has 1 aromatic carbocycles. The van der Waals surface area contributed by atoms with Gasteiger partial charge in [-0.25, -0.2) is 0 Å². The lowest BCUT2D eigenvalue weighted by Crippen LogP contribution is -2.20. The molecule has 0 saturated heterocycles. The van der Waals surface area contributed by atoms with Crippen molar-refractivity contribution < 1.29 is 14.3 Å². The Morgan fingerprint density at radius 1 is 1.32 bits per heavy atom. The summed E-state index contributed by atoms with van der Waals surface area (Å²) in [5.41, 5.74) is 1.64. The van der Waals surface area contributed by atoms with Crippen LogP contribution in [0.1, 0.15) is 12.5 Å². The summed E-state index contributed by atoms with van der Waals surface area (Å²) in [4.78, 5) is 15.8. The summed E-state index contributed by atoms with van der Waals surface area (Å²) in [5, 5.41) is 2.70. The number of hydrogen-bond donors (Lipinski definition) is 1. The van der Waals surface area contributed by atoms with Gasteiger partial charge in [-0.3, -0.25) is 9.78 Å². The third-order valence-electron chi connectivity index (χ3n) is 2.85. The fourth-order valence-electron chi connectivity index (χ4n) is 1.88.